The van der Waals surface area contributed by atoms with Gasteiger partial charge in [-0.1, -0.05) is 44.2 Å². The standard InChI is InChI=1S/C17H27NO2/c1-13(2)11-16(15-7-5-4-6-8-15)18-12-17(19)9-10-20-14(17)3/h4-8,13-14,16,18-19H,9-12H2,1-3H3. The first-order valence-corrected chi connectivity index (χ1v) is 7.63. The molecule has 1 aliphatic heterocycles. The number of nitrogens with one attached hydrogen (secondary N) is 1. The fourth-order valence-corrected chi connectivity index (χ4v) is 2.80. The van der Waals surface area contributed by atoms with Gasteiger partial charge < -0.3 is 15.2 Å². The minimum Gasteiger partial charge on any atom is -0.386 e. The van der Waals surface area contributed by atoms with Crippen LogP contribution in [0.5, 0.6) is 0 Å². The van der Waals surface area contributed by atoms with E-state index in [0.29, 0.717) is 25.5 Å². The highest BCUT2D eigenvalue weighted by Gasteiger charge is 2.39. The van der Waals surface area contributed by atoms with Crippen molar-refractivity contribution in [3.8, 4) is 0 Å². The lowest BCUT2D eigenvalue weighted by Crippen LogP contribution is -2.46. The van der Waals surface area contributed by atoms with Gasteiger partial charge in [0.25, 0.3) is 0 Å². The average molecular weight is 277 g/mol. The Hall–Kier alpha value is -0.900. The Morgan fingerprint density at radius 2 is 2.05 bits per heavy atom. The van der Waals surface area contributed by atoms with Crippen molar-refractivity contribution >= 4 is 0 Å². The van der Waals surface area contributed by atoms with Gasteiger partial charge >= 0.3 is 0 Å². The molecule has 2 rings (SSSR count). The number of benzene rings is 1. The van der Waals surface area contributed by atoms with Crippen molar-refractivity contribution in [1.29, 1.82) is 0 Å². The molecule has 0 bridgehead atoms. The zero-order chi connectivity index (χ0) is 14.6. The van der Waals surface area contributed by atoms with Gasteiger partial charge in [0.1, 0.15) is 5.60 Å². The summed E-state index contributed by atoms with van der Waals surface area (Å²) in [6.07, 6.45) is 1.69. The third-order valence-corrected chi connectivity index (χ3v) is 4.22. The zero-order valence-corrected chi connectivity index (χ0v) is 12.8. The predicted octanol–water partition coefficient (Wildman–Crippen LogP) is 2.90. The molecular weight excluding hydrogens is 250 g/mol. The van der Waals surface area contributed by atoms with Crippen LogP contribution in [-0.4, -0.2) is 30.0 Å². The van der Waals surface area contributed by atoms with E-state index in [2.05, 4.69) is 43.4 Å². The van der Waals surface area contributed by atoms with E-state index in [1.54, 1.807) is 0 Å². The summed E-state index contributed by atoms with van der Waals surface area (Å²) < 4.78 is 5.50. The summed E-state index contributed by atoms with van der Waals surface area (Å²) in [5.74, 6) is 0.611. The van der Waals surface area contributed by atoms with Crippen LogP contribution in [-0.2, 0) is 4.74 Å². The number of hydrogen-bond acceptors (Lipinski definition) is 3. The number of hydrogen-bond donors (Lipinski definition) is 2. The van der Waals surface area contributed by atoms with Crippen LogP contribution < -0.4 is 5.32 Å². The van der Waals surface area contributed by atoms with Gasteiger partial charge in [-0.15, -0.1) is 0 Å². The van der Waals surface area contributed by atoms with Gasteiger partial charge in [-0.25, -0.2) is 0 Å². The molecule has 1 aliphatic rings. The van der Waals surface area contributed by atoms with Gasteiger partial charge in [-0.3, -0.25) is 0 Å². The molecule has 3 nitrogen and oxygen atoms in total. The molecule has 0 amide bonds. The summed E-state index contributed by atoms with van der Waals surface area (Å²) in [6, 6.07) is 10.8. The summed E-state index contributed by atoms with van der Waals surface area (Å²) in [5, 5.41) is 14.2. The first-order chi connectivity index (χ1) is 9.51. The molecule has 3 heteroatoms. The highest BCUT2D eigenvalue weighted by atomic mass is 16.5. The highest BCUT2D eigenvalue weighted by molar-refractivity contribution is 5.19. The van der Waals surface area contributed by atoms with E-state index < -0.39 is 5.60 Å². The van der Waals surface area contributed by atoms with Crippen LogP contribution in [0.4, 0.5) is 0 Å². The first-order valence-electron chi connectivity index (χ1n) is 7.63. The molecule has 0 aromatic heterocycles. The molecule has 0 radical (unpaired) electrons. The van der Waals surface area contributed by atoms with Crippen molar-refractivity contribution in [2.45, 2.75) is 51.4 Å². The maximum Gasteiger partial charge on any atom is 0.105 e. The highest BCUT2D eigenvalue weighted by Crippen LogP contribution is 2.27. The van der Waals surface area contributed by atoms with Crippen LogP contribution in [0.1, 0.15) is 45.2 Å². The van der Waals surface area contributed by atoms with E-state index in [-0.39, 0.29) is 12.1 Å². The minimum atomic E-state index is -0.732. The van der Waals surface area contributed by atoms with Crippen molar-refractivity contribution in [3.63, 3.8) is 0 Å². The summed E-state index contributed by atoms with van der Waals surface area (Å²) in [4.78, 5) is 0. The van der Waals surface area contributed by atoms with Crippen LogP contribution in [0.2, 0.25) is 0 Å². The van der Waals surface area contributed by atoms with Crippen molar-refractivity contribution < 1.29 is 9.84 Å². The lowest BCUT2D eigenvalue weighted by molar-refractivity contribution is -0.0280. The van der Waals surface area contributed by atoms with Crippen molar-refractivity contribution in [2.24, 2.45) is 5.92 Å². The number of rotatable bonds is 6. The van der Waals surface area contributed by atoms with E-state index >= 15 is 0 Å². The van der Waals surface area contributed by atoms with E-state index in [9.17, 15) is 5.11 Å². The van der Waals surface area contributed by atoms with Crippen LogP contribution in [0, 0.1) is 5.92 Å². The van der Waals surface area contributed by atoms with Crippen molar-refractivity contribution in [3.05, 3.63) is 35.9 Å². The minimum absolute atomic E-state index is 0.0922. The van der Waals surface area contributed by atoms with Gasteiger partial charge in [-0.2, -0.15) is 0 Å². The van der Waals surface area contributed by atoms with Crippen molar-refractivity contribution in [2.75, 3.05) is 13.2 Å². The normalized spacial score (nSPS) is 27.9. The van der Waals surface area contributed by atoms with Crippen LogP contribution in [0.3, 0.4) is 0 Å². The molecule has 1 fully saturated rings. The second-order valence-electron chi connectivity index (χ2n) is 6.34. The van der Waals surface area contributed by atoms with E-state index in [0.717, 1.165) is 6.42 Å². The van der Waals surface area contributed by atoms with Gasteiger partial charge in [0.05, 0.1) is 6.10 Å². The monoisotopic (exact) mass is 277 g/mol. The van der Waals surface area contributed by atoms with Crippen molar-refractivity contribution in [1.82, 2.24) is 5.32 Å². The second-order valence-corrected chi connectivity index (χ2v) is 6.34. The predicted molar refractivity (Wildman–Crippen MR) is 81.6 cm³/mol. The zero-order valence-electron chi connectivity index (χ0n) is 12.8. The lowest BCUT2D eigenvalue weighted by Gasteiger charge is -2.30. The third kappa shape index (κ3) is 3.81. The quantitative estimate of drug-likeness (QED) is 0.840. The number of aliphatic hydroxyl groups is 1. The maximum atomic E-state index is 10.6. The van der Waals surface area contributed by atoms with E-state index in [4.69, 9.17) is 4.74 Å². The summed E-state index contributed by atoms with van der Waals surface area (Å²) >= 11 is 0. The Morgan fingerprint density at radius 1 is 1.35 bits per heavy atom. The molecule has 1 aromatic rings. The molecule has 1 saturated heterocycles. The molecule has 20 heavy (non-hydrogen) atoms. The van der Waals surface area contributed by atoms with E-state index in [1.807, 2.05) is 13.0 Å². The largest absolute Gasteiger partial charge is 0.386 e. The molecule has 0 spiro atoms. The maximum absolute atomic E-state index is 10.6. The number of ether oxygens (including phenoxy) is 1. The first kappa shape index (κ1) is 15.5. The molecule has 0 saturated carbocycles. The Labute approximate surface area is 122 Å². The Morgan fingerprint density at radius 3 is 2.60 bits per heavy atom. The average Bonchev–Trinajstić information content (AvgIpc) is 2.76. The molecule has 1 aromatic carbocycles. The lowest BCUT2D eigenvalue weighted by atomic mass is 9.93. The molecule has 3 unspecified atom stereocenters. The van der Waals surface area contributed by atoms with Crippen LogP contribution in [0.15, 0.2) is 30.3 Å². The molecule has 3 atom stereocenters. The topological polar surface area (TPSA) is 41.5 Å². The fourth-order valence-electron chi connectivity index (χ4n) is 2.80. The fraction of sp³-hybridized carbons (Fsp3) is 0.647. The van der Waals surface area contributed by atoms with Gasteiger partial charge in [0.2, 0.25) is 0 Å². The van der Waals surface area contributed by atoms with Crippen LogP contribution in [0.25, 0.3) is 0 Å². The SMILES string of the molecule is CC(C)CC(NCC1(O)CCOC1C)c1ccccc1. The summed E-state index contributed by atoms with van der Waals surface area (Å²) in [6.45, 7) is 7.65. The summed E-state index contributed by atoms with van der Waals surface area (Å²) in [5.41, 5.74) is 0.556. The Bertz CT molecular complexity index is 407. The molecule has 0 aliphatic carbocycles. The Balaban J connectivity index is 2.01. The van der Waals surface area contributed by atoms with E-state index in [1.165, 1.54) is 5.56 Å². The Kier molecular flexibility index (Phi) is 5.19. The van der Waals surface area contributed by atoms with Gasteiger partial charge in [0.15, 0.2) is 0 Å². The van der Waals surface area contributed by atoms with Gasteiger partial charge in [0, 0.05) is 25.6 Å². The molecule has 2 N–H and O–H groups in total. The third-order valence-electron chi connectivity index (χ3n) is 4.22. The van der Waals surface area contributed by atoms with Crippen LogP contribution >= 0.6 is 0 Å². The van der Waals surface area contributed by atoms with Gasteiger partial charge in [-0.05, 0) is 24.8 Å². The molecular formula is C17H27NO2. The smallest absolute Gasteiger partial charge is 0.105 e. The molecule has 112 valence electrons. The second kappa shape index (κ2) is 6.70. The summed E-state index contributed by atoms with van der Waals surface area (Å²) in [7, 11) is 0. The molecule has 1 heterocycles.